The lowest BCUT2D eigenvalue weighted by Crippen LogP contribution is -2.60. The molecule has 0 radical (unpaired) electrons. The van der Waals surface area contributed by atoms with Crippen molar-refractivity contribution in [3.63, 3.8) is 0 Å². The Kier molecular flexibility index (Phi) is 7.60. The highest BCUT2D eigenvalue weighted by Gasteiger charge is 2.46. The quantitative estimate of drug-likeness (QED) is 0.267. The number of aliphatic carboxylic acids is 1. The number of rotatable bonds is 11. The molecule has 4 N–H and O–H groups in total. The minimum Gasteiger partial charge on any atom is -0.480 e. The molecule has 0 amide bonds. The van der Waals surface area contributed by atoms with Crippen molar-refractivity contribution >= 4 is 28.8 Å². The third-order valence-electron chi connectivity index (χ3n) is 4.87. The second-order valence-electron chi connectivity index (χ2n) is 7.84. The van der Waals surface area contributed by atoms with E-state index in [1.54, 1.807) is 44.2 Å². The number of nitrogens with two attached hydrogens (primary N) is 1. The van der Waals surface area contributed by atoms with Gasteiger partial charge in [-0.2, -0.15) is 0 Å². The monoisotopic (exact) mass is 444 g/mol. The van der Waals surface area contributed by atoms with Crippen LogP contribution in [0, 0.1) is 26.1 Å². The van der Waals surface area contributed by atoms with Crippen LogP contribution in [0.25, 0.3) is 0 Å². The zero-order valence-corrected chi connectivity index (χ0v) is 17.6. The summed E-state index contributed by atoms with van der Waals surface area (Å²) in [6, 6.07) is 10.4. The Hall–Kier alpha value is -3.86. The van der Waals surface area contributed by atoms with Crippen LogP contribution in [-0.4, -0.2) is 38.3 Å². The zero-order valence-electron chi connectivity index (χ0n) is 17.6. The van der Waals surface area contributed by atoms with Crippen LogP contribution in [0.3, 0.4) is 0 Å². The molecular weight excluding hydrogens is 420 g/mol. The van der Waals surface area contributed by atoms with Gasteiger partial charge in [-0.25, -0.2) is 4.79 Å². The Bertz CT molecular complexity index is 1030. The van der Waals surface area contributed by atoms with Gasteiger partial charge < -0.3 is 16.2 Å². The third kappa shape index (κ3) is 5.64. The predicted octanol–water partition coefficient (Wildman–Crippen LogP) is 2.92. The lowest BCUT2D eigenvalue weighted by atomic mass is 9.81. The van der Waals surface area contributed by atoms with Crippen molar-refractivity contribution in [2.75, 3.05) is 5.32 Å². The Balaban J connectivity index is 2.53. The molecule has 11 nitrogen and oxygen atoms in total. The van der Waals surface area contributed by atoms with Crippen molar-refractivity contribution in [2.45, 2.75) is 38.3 Å². The molecule has 0 unspecified atom stereocenters. The summed E-state index contributed by atoms with van der Waals surface area (Å²) in [6.07, 6.45) is -0.144. The number of nitrogens with one attached hydrogen (secondary N) is 1. The van der Waals surface area contributed by atoms with Crippen molar-refractivity contribution in [1.82, 2.24) is 0 Å². The predicted molar refractivity (Wildman–Crippen MR) is 116 cm³/mol. The molecule has 2 rings (SSSR count). The van der Waals surface area contributed by atoms with Gasteiger partial charge in [0.05, 0.1) is 22.0 Å². The fraction of sp³-hybridized carbons (Fsp3) is 0.333. The van der Waals surface area contributed by atoms with Crippen molar-refractivity contribution < 1.29 is 24.5 Å². The number of hydrogen-bond acceptors (Lipinski definition) is 8. The number of carbonyl (C=O) groups excluding carboxylic acids is 1. The lowest BCUT2D eigenvalue weighted by molar-refractivity contribution is -0.393. The van der Waals surface area contributed by atoms with Crippen LogP contribution in [0.15, 0.2) is 48.5 Å². The van der Waals surface area contributed by atoms with Gasteiger partial charge in [-0.15, -0.1) is 0 Å². The van der Waals surface area contributed by atoms with E-state index in [0.29, 0.717) is 5.56 Å². The van der Waals surface area contributed by atoms with E-state index < -0.39 is 44.6 Å². The lowest BCUT2D eigenvalue weighted by Gasteiger charge is -2.30. The van der Waals surface area contributed by atoms with Crippen molar-refractivity contribution in [3.05, 3.63) is 74.3 Å². The molecule has 32 heavy (non-hydrogen) atoms. The topological polar surface area (TPSA) is 179 Å². The molecule has 2 aromatic rings. The fourth-order valence-electron chi connectivity index (χ4n) is 3.40. The zero-order chi connectivity index (χ0) is 24.1. The van der Waals surface area contributed by atoms with Crippen LogP contribution in [-0.2, 0) is 16.0 Å². The standard InChI is InChI=1S/C21H24N4O7/c1-13(2)12-21(22,20(27)28)19(26)17(10-14-6-4-3-5-7-14)23-16-9-8-15(24(29)30)11-18(16)25(31)32/h3-9,11,13,17,23H,10,12,22H2,1-2H3,(H,27,28)/t17-,21+/m0/s1. The number of ketones is 1. The maximum absolute atomic E-state index is 13.4. The van der Waals surface area contributed by atoms with Gasteiger partial charge in [-0.1, -0.05) is 44.2 Å². The molecule has 0 saturated heterocycles. The number of nitrogens with zero attached hydrogens (tertiary/aromatic N) is 2. The summed E-state index contributed by atoms with van der Waals surface area (Å²) < 4.78 is 0. The summed E-state index contributed by atoms with van der Waals surface area (Å²) in [4.78, 5) is 46.2. The third-order valence-corrected chi connectivity index (χ3v) is 4.87. The highest BCUT2D eigenvalue weighted by Crippen LogP contribution is 2.31. The molecule has 0 aliphatic carbocycles. The molecule has 0 spiro atoms. The number of carbonyl (C=O) groups is 2. The molecule has 11 heteroatoms. The Morgan fingerprint density at radius 3 is 2.22 bits per heavy atom. The number of non-ortho nitro benzene ring substituents is 1. The molecule has 2 atom stereocenters. The van der Waals surface area contributed by atoms with Crippen LogP contribution in [0.5, 0.6) is 0 Å². The molecule has 170 valence electrons. The van der Waals surface area contributed by atoms with E-state index in [0.717, 1.165) is 18.2 Å². The first-order valence-electron chi connectivity index (χ1n) is 9.75. The van der Waals surface area contributed by atoms with Crippen LogP contribution in [0.2, 0.25) is 0 Å². The summed E-state index contributed by atoms with van der Waals surface area (Å²) >= 11 is 0. The van der Waals surface area contributed by atoms with E-state index in [1.165, 1.54) is 0 Å². The molecule has 0 fully saturated rings. The van der Waals surface area contributed by atoms with E-state index in [-0.39, 0.29) is 24.4 Å². The second-order valence-corrected chi connectivity index (χ2v) is 7.84. The molecule has 0 heterocycles. The van der Waals surface area contributed by atoms with E-state index in [4.69, 9.17) is 5.73 Å². The first-order valence-corrected chi connectivity index (χ1v) is 9.75. The Morgan fingerprint density at radius 2 is 1.72 bits per heavy atom. The molecule has 0 saturated carbocycles. The van der Waals surface area contributed by atoms with Crippen LogP contribution in [0.4, 0.5) is 17.1 Å². The summed E-state index contributed by atoms with van der Waals surface area (Å²) in [7, 11) is 0. The van der Waals surface area contributed by atoms with Crippen molar-refractivity contribution in [1.29, 1.82) is 0 Å². The highest BCUT2D eigenvalue weighted by atomic mass is 16.6. The average Bonchev–Trinajstić information content (AvgIpc) is 2.72. The molecule has 0 aliphatic rings. The number of carboxylic acid groups (broad SMARTS) is 1. The largest absolute Gasteiger partial charge is 0.480 e. The fourth-order valence-corrected chi connectivity index (χ4v) is 3.40. The Labute approximate surface area is 183 Å². The van der Waals surface area contributed by atoms with Gasteiger partial charge in [-0.3, -0.25) is 25.0 Å². The van der Waals surface area contributed by atoms with Gasteiger partial charge in [0.1, 0.15) is 5.69 Å². The van der Waals surface area contributed by atoms with Gasteiger partial charge in [0.15, 0.2) is 11.3 Å². The molecular formula is C21H24N4O7. The van der Waals surface area contributed by atoms with Crippen molar-refractivity contribution in [3.8, 4) is 0 Å². The number of nitro benzene ring substituents is 2. The van der Waals surface area contributed by atoms with Crippen LogP contribution in [0.1, 0.15) is 25.8 Å². The molecule has 2 aromatic carbocycles. The number of carboxylic acids is 1. The number of benzene rings is 2. The molecule has 0 aromatic heterocycles. The van der Waals surface area contributed by atoms with Gasteiger partial charge in [0.25, 0.3) is 11.4 Å². The second kappa shape index (κ2) is 9.96. The van der Waals surface area contributed by atoms with Crippen LogP contribution < -0.4 is 11.1 Å². The molecule has 0 bridgehead atoms. The normalized spacial score (nSPS) is 13.8. The maximum Gasteiger partial charge on any atom is 0.331 e. The van der Waals surface area contributed by atoms with Gasteiger partial charge in [0, 0.05) is 6.07 Å². The average molecular weight is 444 g/mol. The number of Topliss-reactive ketones (excluding diaryl/α,β-unsaturated/α-hetero) is 1. The number of nitro groups is 2. The maximum atomic E-state index is 13.4. The number of hydrogen-bond donors (Lipinski definition) is 3. The minimum atomic E-state index is -2.23. The van der Waals surface area contributed by atoms with Crippen molar-refractivity contribution in [2.24, 2.45) is 11.7 Å². The summed E-state index contributed by atoms with van der Waals surface area (Å²) in [5, 5.41) is 34.9. The van der Waals surface area contributed by atoms with Gasteiger partial charge in [-0.05, 0) is 30.4 Å². The number of anilines is 1. The summed E-state index contributed by atoms with van der Waals surface area (Å²) in [5.41, 5.74) is 3.21. The van der Waals surface area contributed by atoms with Gasteiger partial charge in [0.2, 0.25) is 0 Å². The summed E-state index contributed by atoms with van der Waals surface area (Å²) in [5.74, 6) is -2.57. The SMILES string of the molecule is CC(C)C[C@](N)(C(=O)O)C(=O)[C@H](Cc1ccccc1)Nc1ccc([N+](=O)[O-])cc1[N+](=O)[O-]. The van der Waals surface area contributed by atoms with E-state index >= 15 is 0 Å². The smallest absolute Gasteiger partial charge is 0.331 e. The Morgan fingerprint density at radius 1 is 1.09 bits per heavy atom. The first-order chi connectivity index (χ1) is 15.0. The highest BCUT2D eigenvalue weighted by molar-refractivity contribution is 6.11. The van der Waals surface area contributed by atoms with E-state index in [1.807, 2.05) is 0 Å². The van der Waals surface area contributed by atoms with Gasteiger partial charge >= 0.3 is 5.97 Å². The van der Waals surface area contributed by atoms with E-state index in [2.05, 4.69) is 5.32 Å². The summed E-state index contributed by atoms with van der Waals surface area (Å²) in [6.45, 7) is 3.44. The van der Waals surface area contributed by atoms with Crippen LogP contribution >= 0.6 is 0 Å². The minimum absolute atomic E-state index is 0.00184. The van der Waals surface area contributed by atoms with E-state index in [9.17, 15) is 34.9 Å². The first kappa shape index (κ1) is 24.4. The molecule has 0 aliphatic heterocycles.